The minimum atomic E-state index is -1.20. The van der Waals surface area contributed by atoms with Gasteiger partial charge in [-0.2, -0.15) is 0 Å². The molecule has 0 amide bonds. The fourth-order valence-electron chi connectivity index (χ4n) is 1.41. The van der Waals surface area contributed by atoms with Crippen LogP contribution in [0.1, 0.15) is 11.6 Å². The van der Waals surface area contributed by atoms with Gasteiger partial charge in [-0.1, -0.05) is 6.07 Å². The molecule has 0 aliphatic carbocycles. The standard InChI is InChI=1S/C10H12F2N2O2/c1-14-9(10(15)16)8(13)6-3-2-5(11)4-7(6)12/h2-4,8-9,14H,13H2,1H3,(H,15,16). The molecule has 16 heavy (non-hydrogen) atoms. The van der Waals surface area contributed by atoms with Crippen LogP contribution in [0.4, 0.5) is 8.78 Å². The van der Waals surface area contributed by atoms with Crippen LogP contribution in [0.25, 0.3) is 0 Å². The largest absolute Gasteiger partial charge is 0.480 e. The number of carboxylic acids is 1. The van der Waals surface area contributed by atoms with Crippen LogP contribution in [0.15, 0.2) is 18.2 Å². The number of carboxylic acid groups (broad SMARTS) is 1. The predicted octanol–water partition coefficient (Wildman–Crippen LogP) is 0.637. The molecule has 0 saturated carbocycles. The van der Waals surface area contributed by atoms with Crippen LogP contribution in [-0.2, 0) is 4.79 Å². The summed E-state index contributed by atoms with van der Waals surface area (Å²) in [4.78, 5) is 10.8. The molecule has 0 fully saturated rings. The molecular formula is C10H12F2N2O2. The van der Waals surface area contributed by atoms with Crippen molar-refractivity contribution in [3.8, 4) is 0 Å². The van der Waals surface area contributed by atoms with Crippen molar-refractivity contribution in [2.24, 2.45) is 5.73 Å². The highest BCUT2D eigenvalue weighted by Crippen LogP contribution is 2.19. The van der Waals surface area contributed by atoms with Gasteiger partial charge in [0, 0.05) is 11.6 Å². The maximum absolute atomic E-state index is 13.3. The average molecular weight is 230 g/mol. The lowest BCUT2D eigenvalue weighted by atomic mass is 10.00. The first kappa shape index (κ1) is 12.5. The summed E-state index contributed by atoms with van der Waals surface area (Å²) in [5.74, 6) is -2.78. The minimum Gasteiger partial charge on any atom is -0.480 e. The van der Waals surface area contributed by atoms with Gasteiger partial charge >= 0.3 is 5.97 Å². The molecule has 0 aliphatic rings. The van der Waals surface area contributed by atoms with E-state index < -0.39 is 29.7 Å². The average Bonchev–Trinajstić information content (AvgIpc) is 2.17. The Hall–Kier alpha value is -1.53. The first-order chi connectivity index (χ1) is 7.47. The van der Waals surface area contributed by atoms with Crippen LogP contribution >= 0.6 is 0 Å². The number of nitrogens with one attached hydrogen (secondary N) is 1. The lowest BCUT2D eigenvalue weighted by Gasteiger charge is -2.20. The number of nitrogens with two attached hydrogens (primary N) is 1. The molecule has 0 bridgehead atoms. The van der Waals surface area contributed by atoms with Gasteiger partial charge < -0.3 is 16.2 Å². The van der Waals surface area contributed by atoms with Gasteiger partial charge in [-0.15, -0.1) is 0 Å². The van der Waals surface area contributed by atoms with E-state index in [1.165, 1.54) is 7.05 Å². The zero-order valence-corrected chi connectivity index (χ0v) is 8.58. The normalized spacial score (nSPS) is 14.5. The molecule has 1 rings (SSSR count). The SMILES string of the molecule is CNC(C(=O)O)C(N)c1ccc(F)cc1F. The van der Waals surface area contributed by atoms with Crippen LogP contribution in [0.2, 0.25) is 0 Å². The second-order valence-corrected chi connectivity index (χ2v) is 3.30. The molecule has 0 heterocycles. The van der Waals surface area contributed by atoms with Gasteiger partial charge in [0.2, 0.25) is 0 Å². The Morgan fingerprint density at radius 2 is 2.12 bits per heavy atom. The molecule has 2 unspecified atom stereocenters. The molecule has 0 aliphatic heterocycles. The summed E-state index contributed by atoms with van der Waals surface area (Å²) in [7, 11) is 1.40. The van der Waals surface area contributed by atoms with Crippen LogP contribution in [0, 0.1) is 11.6 Å². The van der Waals surface area contributed by atoms with Crippen molar-refractivity contribution in [2.45, 2.75) is 12.1 Å². The van der Waals surface area contributed by atoms with Gasteiger partial charge in [0.15, 0.2) is 0 Å². The predicted molar refractivity (Wildman–Crippen MR) is 53.8 cm³/mol. The Morgan fingerprint density at radius 3 is 2.56 bits per heavy atom. The fourth-order valence-corrected chi connectivity index (χ4v) is 1.41. The maximum atomic E-state index is 13.3. The molecule has 1 aromatic carbocycles. The van der Waals surface area contributed by atoms with Crippen LogP contribution < -0.4 is 11.1 Å². The summed E-state index contributed by atoms with van der Waals surface area (Å²) < 4.78 is 26.0. The van der Waals surface area contributed by atoms with E-state index in [2.05, 4.69) is 5.32 Å². The molecule has 0 saturated heterocycles. The first-order valence-electron chi connectivity index (χ1n) is 4.58. The maximum Gasteiger partial charge on any atom is 0.322 e. The summed E-state index contributed by atoms with van der Waals surface area (Å²) in [6, 6.07) is 0.641. The Labute approximate surface area is 91.1 Å². The minimum absolute atomic E-state index is 0.0387. The number of rotatable bonds is 4. The van der Waals surface area contributed by atoms with E-state index >= 15 is 0 Å². The van der Waals surface area contributed by atoms with E-state index in [1.54, 1.807) is 0 Å². The number of hydrogen-bond acceptors (Lipinski definition) is 3. The Kier molecular flexibility index (Phi) is 3.92. The molecule has 0 radical (unpaired) electrons. The Morgan fingerprint density at radius 1 is 1.50 bits per heavy atom. The number of carbonyl (C=O) groups is 1. The summed E-state index contributed by atoms with van der Waals surface area (Å²) in [6.07, 6.45) is 0. The third kappa shape index (κ3) is 2.53. The third-order valence-electron chi connectivity index (χ3n) is 2.26. The summed E-state index contributed by atoms with van der Waals surface area (Å²) in [5, 5.41) is 11.3. The number of likely N-dealkylation sites (N-methyl/N-ethyl adjacent to an activating group) is 1. The second-order valence-electron chi connectivity index (χ2n) is 3.30. The highest BCUT2D eigenvalue weighted by Gasteiger charge is 2.26. The van der Waals surface area contributed by atoms with Gasteiger partial charge in [0.1, 0.15) is 17.7 Å². The smallest absolute Gasteiger partial charge is 0.322 e. The Balaban J connectivity index is 3.03. The van der Waals surface area contributed by atoms with Crippen molar-refractivity contribution < 1.29 is 18.7 Å². The lowest BCUT2D eigenvalue weighted by Crippen LogP contribution is -2.43. The van der Waals surface area contributed by atoms with Gasteiger partial charge in [-0.05, 0) is 13.1 Å². The van der Waals surface area contributed by atoms with Crippen LogP contribution in [0.3, 0.4) is 0 Å². The van der Waals surface area contributed by atoms with E-state index in [0.29, 0.717) is 6.07 Å². The van der Waals surface area contributed by atoms with Crippen molar-refractivity contribution in [3.63, 3.8) is 0 Å². The molecule has 88 valence electrons. The van der Waals surface area contributed by atoms with Crippen molar-refractivity contribution in [3.05, 3.63) is 35.4 Å². The number of halogens is 2. The van der Waals surface area contributed by atoms with Crippen molar-refractivity contribution in [1.29, 1.82) is 0 Å². The van der Waals surface area contributed by atoms with Crippen molar-refractivity contribution >= 4 is 5.97 Å². The van der Waals surface area contributed by atoms with Crippen molar-refractivity contribution in [2.75, 3.05) is 7.05 Å². The lowest BCUT2D eigenvalue weighted by molar-refractivity contribution is -0.139. The molecule has 1 aromatic rings. The molecular weight excluding hydrogens is 218 g/mol. The molecule has 0 aromatic heterocycles. The quantitative estimate of drug-likeness (QED) is 0.709. The van der Waals surface area contributed by atoms with Gasteiger partial charge in [-0.25, -0.2) is 8.78 Å². The van der Waals surface area contributed by atoms with Gasteiger partial charge in [0.25, 0.3) is 0 Å². The molecule has 6 heteroatoms. The zero-order valence-electron chi connectivity index (χ0n) is 8.58. The van der Waals surface area contributed by atoms with E-state index in [0.717, 1.165) is 12.1 Å². The second kappa shape index (κ2) is 5.00. The molecule has 4 nitrogen and oxygen atoms in total. The highest BCUT2D eigenvalue weighted by molar-refractivity contribution is 5.74. The summed E-state index contributed by atoms with van der Waals surface area (Å²) in [6.45, 7) is 0. The first-order valence-corrected chi connectivity index (χ1v) is 4.58. The number of aliphatic carboxylic acids is 1. The topological polar surface area (TPSA) is 75.3 Å². The fraction of sp³-hybridized carbons (Fsp3) is 0.300. The Bertz CT molecular complexity index is 398. The van der Waals surface area contributed by atoms with E-state index in [1.807, 2.05) is 0 Å². The van der Waals surface area contributed by atoms with Crippen LogP contribution in [0.5, 0.6) is 0 Å². The molecule has 2 atom stereocenters. The summed E-state index contributed by atoms with van der Waals surface area (Å²) >= 11 is 0. The zero-order chi connectivity index (χ0) is 12.3. The van der Waals surface area contributed by atoms with E-state index in [4.69, 9.17) is 10.8 Å². The van der Waals surface area contributed by atoms with E-state index in [-0.39, 0.29) is 5.56 Å². The number of benzene rings is 1. The highest BCUT2D eigenvalue weighted by atomic mass is 19.1. The molecule has 0 spiro atoms. The number of hydrogen-bond donors (Lipinski definition) is 3. The van der Waals surface area contributed by atoms with Gasteiger partial charge in [-0.3, -0.25) is 4.79 Å². The van der Waals surface area contributed by atoms with Crippen molar-refractivity contribution in [1.82, 2.24) is 5.32 Å². The van der Waals surface area contributed by atoms with Crippen LogP contribution in [-0.4, -0.2) is 24.2 Å². The van der Waals surface area contributed by atoms with Gasteiger partial charge in [0.05, 0.1) is 6.04 Å². The molecule has 4 N–H and O–H groups in total. The van der Waals surface area contributed by atoms with E-state index in [9.17, 15) is 13.6 Å². The third-order valence-corrected chi connectivity index (χ3v) is 2.26. The monoisotopic (exact) mass is 230 g/mol. The summed E-state index contributed by atoms with van der Waals surface area (Å²) in [5.41, 5.74) is 5.56.